The number of carboxylic acid groups (broad SMARTS) is 1. The van der Waals surface area contributed by atoms with Gasteiger partial charge in [0, 0.05) is 5.56 Å². The number of nitrogens with zero attached hydrogens (tertiary/aromatic N) is 1. The fourth-order valence-electron chi connectivity index (χ4n) is 2.77. The van der Waals surface area contributed by atoms with Crippen molar-refractivity contribution in [1.29, 1.82) is 0 Å². The smallest absolute Gasteiger partial charge is 0.335 e. The normalized spacial score (nSPS) is 14.8. The SMILES string of the molecule is COc1cnc(-c2cc(C(=O)O)c(C)cc2C2CCC2)[nH]1. The molecule has 0 radical (unpaired) electrons. The third-order valence-corrected chi connectivity index (χ3v) is 4.20. The fourth-order valence-corrected chi connectivity index (χ4v) is 2.77. The topological polar surface area (TPSA) is 75.2 Å². The Labute approximate surface area is 123 Å². The highest BCUT2D eigenvalue weighted by molar-refractivity contribution is 5.91. The highest BCUT2D eigenvalue weighted by Gasteiger charge is 2.25. The first-order chi connectivity index (χ1) is 10.1. The van der Waals surface area contributed by atoms with Crippen LogP contribution in [-0.2, 0) is 0 Å². The lowest BCUT2D eigenvalue weighted by atomic mass is 9.77. The van der Waals surface area contributed by atoms with Gasteiger partial charge in [-0.25, -0.2) is 9.78 Å². The number of methoxy groups -OCH3 is 1. The van der Waals surface area contributed by atoms with Crippen LogP contribution in [0.25, 0.3) is 11.4 Å². The largest absolute Gasteiger partial charge is 0.481 e. The van der Waals surface area contributed by atoms with Gasteiger partial charge in [-0.05, 0) is 42.9 Å². The molecule has 2 N–H and O–H groups in total. The van der Waals surface area contributed by atoms with Crippen molar-refractivity contribution < 1.29 is 14.6 Å². The number of hydrogen-bond acceptors (Lipinski definition) is 3. The lowest BCUT2D eigenvalue weighted by Gasteiger charge is -2.28. The summed E-state index contributed by atoms with van der Waals surface area (Å²) in [5.41, 5.74) is 3.17. The number of ether oxygens (including phenoxy) is 1. The molecule has 110 valence electrons. The zero-order chi connectivity index (χ0) is 15.0. The predicted octanol–water partition coefficient (Wildman–Crippen LogP) is 3.36. The summed E-state index contributed by atoms with van der Waals surface area (Å²) in [6.45, 7) is 1.85. The third-order valence-electron chi connectivity index (χ3n) is 4.20. The number of aryl methyl sites for hydroxylation is 1. The van der Waals surface area contributed by atoms with Crippen molar-refractivity contribution in [3.8, 4) is 17.3 Å². The maximum Gasteiger partial charge on any atom is 0.335 e. The van der Waals surface area contributed by atoms with Crippen LogP contribution in [0.2, 0.25) is 0 Å². The standard InChI is InChI=1S/C16H18N2O3/c1-9-6-12(10-4-3-5-10)13(7-11(9)16(19)20)15-17-8-14(18-15)21-2/h6-8,10H,3-5H2,1-2H3,(H,17,18)(H,19,20). The van der Waals surface area contributed by atoms with E-state index in [1.807, 2.05) is 13.0 Å². The molecular formula is C16H18N2O3. The molecule has 1 heterocycles. The number of aromatic nitrogens is 2. The lowest BCUT2D eigenvalue weighted by molar-refractivity contribution is 0.0696. The average molecular weight is 286 g/mol. The number of rotatable bonds is 4. The van der Waals surface area contributed by atoms with E-state index in [2.05, 4.69) is 9.97 Å². The first-order valence-corrected chi connectivity index (χ1v) is 7.07. The Kier molecular flexibility index (Phi) is 3.41. The minimum atomic E-state index is -0.910. The van der Waals surface area contributed by atoms with Crippen LogP contribution in [0, 0.1) is 6.92 Å². The van der Waals surface area contributed by atoms with Crippen LogP contribution in [-0.4, -0.2) is 28.2 Å². The quantitative estimate of drug-likeness (QED) is 0.903. The third kappa shape index (κ3) is 2.39. The molecule has 1 fully saturated rings. The van der Waals surface area contributed by atoms with Crippen LogP contribution in [0.5, 0.6) is 5.88 Å². The van der Waals surface area contributed by atoms with Gasteiger partial charge in [0.15, 0.2) is 0 Å². The Balaban J connectivity index is 2.14. The minimum Gasteiger partial charge on any atom is -0.481 e. The molecule has 0 bridgehead atoms. The van der Waals surface area contributed by atoms with E-state index in [0.717, 1.165) is 24.0 Å². The van der Waals surface area contributed by atoms with E-state index >= 15 is 0 Å². The van der Waals surface area contributed by atoms with Crippen molar-refractivity contribution in [2.24, 2.45) is 0 Å². The Bertz CT molecular complexity index is 687. The van der Waals surface area contributed by atoms with Crippen molar-refractivity contribution in [2.45, 2.75) is 32.1 Å². The summed E-state index contributed by atoms with van der Waals surface area (Å²) in [7, 11) is 1.57. The molecule has 1 aliphatic rings. The number of aromatic carboxylic acids is 1. The molecule has 2 aromatic rings. The van der Waals surface area contributed by atoms with Crippen LogP contribution in [0.15, 0.2) is 18.3 Å². The maximum absolute atomic E-state index is 11.4. The molecule has 0 spiro atoms. The molecule has 0 unspecified atom stereocenters. The number of benzene rings is 1. The fraction of sp³-hybridized carbons (Fsp3) is 0.375. The Hall–Kier alpha value is -2.30. The number of imidazole rings is 1. The number of H-pyrrole nitrogens is 1. The van der Waals surface area contributed by atoms with E-state index in [9.17, 15) is 9.90 Å². The van der Waals surface area contributed by atoms with Crippen LogP contribution < -0.4 is 4.74 Å². The number of carbonyl (C=O) groups is 1. The van der Waals surface area contributed by atoms with Crippen molar-refractivity contribution in [2.75, 3.05) is 7.11 Å². The van der Waals surface area contributed by atoms with Gasteiger partial charge in [-0.3, -0.25) is 0 Å². The van der Waals surface area contributed by atoms with Crippen LogP contribution in [0.3, 0.4) is 0 Å². The van der Waals surface area contributed by atoms with E-state index in [1.54, 1.807) is 19.4 Å². The van der Waals surface area contributed by atoms with E-state index in [-0.39, 0.29) is 0 Å². The number of aromatic amines is 1. The maximum atomic E-state index is 11.4. The zero-order valence-corrected chi connectivity index (χ0v) is 12.1. The summed E-state index contributed by atoms with van der Waals surface area (Å²) in [6, 6.07) is 3.72. The van der Waals surface area contributed by atoms with E-state index in [1.165, 1.54) is 12.0 Å². The van der Waals surface area contributed by atoms with Gasteiger partial charge >= 0.3 is 5.97 Å². The summed E-state index contributed by atoms with van der Waals surface area (Å²) in [4.78, 5) is 18.8. The predicted molar refractivity (Wildman–Crippen MR) is 78.9 cm³/mol. The molecule has 1 aromatic heterocycles. The average Bonchev–Trinajstić information content (AvgIpc) is 2.85. The first kappa shape index (κ1) is 13.7. The Morgan fingerprint density at radius 1 is 1.43 bits per heavy atom. The van der Waals surface area contributed by atoms with Gasteiger partial charge in [-0.2, -0.15) is 0 Å². The monoisotopic (exact) mass is 286 g/mol. The second-order valence-corrected chi connectivity index (χ2v) is 5.49. The van der Waals surface area contributed by atoms with Crippen molar-refractivity contribution in [3.63, 3.8) is 0 Å². The van der Waals surface area contributed by atoms with Crippen molar-refractivity contribution >= 4 is 5.97 Å². The summed E-state index contributed by atoms with van der Waals surface area (Å²) in [6.07, 6.45) is 5.14. The highest BCUT2D eigenvalue weighted by atomic mass is 16.5. The van der Waals surface area contributed by atoms with Gasteiger partial charge in [0.05, 0.1) is 18.9 Å². The zero-order valence-electron chi connectivity index (χ0n) is 12.1. The van der Waals surface area contributed by atoms with E-state index in [0.29, 0.717) is 23.2 Å². The summed E-state index contributed by atoms with van der Waals surface area (Å²) >= 11 is 0. The van der Waals surface area contributed by atoms with Gasteiger partial charge in [-0.1, -0.05) is 12.5 Å². The van der Waals surface area contributed by atoms with Crippen LogP contribution in [0.1, 0.15) is 46.7 Å². The van der Waals surface area contributed by atoms with Gasteiger partial charge in [-0.15, -0.1) is 0 Å². The molecule has 1 aliphatic carbocycles. The van der Waals surface area contributed by atoms with Crippen LogP contribution in [0.4, 0.5) is 0 Å². The summed E-state index contributed by atoms with van der Waals surface area (Å²) < 4.78 is 5.12. The second-order valence-electron chi connectivity index (χ2n) is 5.49. The van der Waals surface area contributed by atoms with Gasteiger partial charge in [0.2, 0.25) is 5.88 Å². The van der Waals surface area contributed by atoms with Gasteiger partial charge < -0.3 is 14.8 Å². The molecule has 5 heteroatoms. The Morgan fingerprint density at radius 3 is 2.71 bits per heavy atom. The van der Waals surface area contributed by atoms with Gasteiger partial charge in [0.1, 0.15) is 5.82 Å². The molecule has 1 aromatic carbocycles. The molecule has 0 aliphatic heterocycles. The molecule has 3 rings (SSSR count). The van der Waals surface area contributed by atoms with E-state index in [4.69, 9.17) is 4.74 Å². The molecule has 0 amide bonds. The molecule has 5 nitrogen and oxygen atoms in total. The number of nitrogens with one attached hydrogen (secondary N) is 1. The Morgan fingerprint density at radius 2 is 2.19 bits per heavy atom. The molecule has 21 heavy (non-hydrogen) atoms. The van der Waals surface area contributed by atoms with Crippen molar-refractivity contribution in [1.82, 2.24) is 9.97 Å². The second kappa shape index (κ2) is 5.24. The summed E-state index contributed by atoms with van der Waals surface area (Å²) in [5, 5.41) is 9.33. The first-order valence-electron chi connectivity index (χ1n) is 7.07. The van der Waals surface area contributed by atoms with Crippen molar-refractivity contribution in [3.05, 3.63) is 35.0 Å². The number of hydrogen-bond donors (Lipinski definition) is 2. The van der Waals surface area contributed by atoms with E-state index < -0.39 is 5.97 Å². The molecule has 0 atom stereocenters. The highest BCUT2D eigenvalue weighted by Crippen LogP contribution is 2.41. The number of carboxylic acids is 1. The van der Waals surface area contributed by atoms with Gasteiger partial charge in [0.25, 0.3) is 0 Å². The molecular weight excluding hydrogens is 268 g/mol. The van der Waals surface area contributed by atoms with Crippen LogP contribution >= 0.6 is 0 Å². The molecule has 0 saturated heterocycles. The molecule has 1 saturated carbocycles. The minimum absolute atomic E-state index is 0.323. The lowest BCUT2D eigenvalue weighted by Crippen LogP contribution is -2.12. The summed E-state index contributed by atoms with van der Waals surface area (Å²) in [5.74, 6) is 0.823.